The average molecular weight is 275 g/mol. The largest absolute Gasteiger partial charge is 0.651 e. The van der Waals surface area contributed by atoms with Gasteiger partial charge < -0.3 is 25.5 Å². The van der Waals surface area contributed by atoms with Gasteiger partial charge in [-0.2, -0.15) is 0 Å². The molecule has 1 aliphatic heterocycles. The van der Waals surface area contributed by atoms with Gasteiger partial charge in [-0.05, 0) is 0 Å². The van der Waals surface area contributed by atoms with Crippen LogP contribution in [0.3, 0.4) is 0 Å². The number of carbonyl (C=O) groups excluding carboxylic acids is 2. The third kappa shape index (κ3) is 3.25. The lowest BCUT2D eigenvalue weighted by molar-refractivity contribution is -0.349. The first kappa shape index (κ1) is 13.9. The van der Waals surface area contributed by atoms with Crippen molar-refractivity contribution in [2.75, 3.05) is 26.2 Å². The van der Waals surface area contributed by atoms with E-state index in [0.717, 1.165) is 0 Å². The van der Waals surface area contributed by atoms with Crippen molar-refractivity contribution in [1.29, 1.82) is 0 Å². The van der Waals surface area contributed by atoms with Gasteiger partial charge in [0, 0.05) is 38.5 Å². The van der Waals surface area contributed by atoms with E-state index in [-0.39, 0.29) is 22.4 Å². The van der Waals surface area contributed by atoms with Crippen LogP contribution in [-0.2, 0) is 0 Å². The van der Waals surface area contributed by atoms with E-state index < -0.39 is 0 Å². The average Bonchev–Trinajstić information content (AvgIpc) is 2.84. The first-order valence-electron chi connectivity index (χ1n) is 6.21. The predicted octanol–water partition coefficient (Wildman–Crippen LogP) is 0.161. The van der Waals surface area contributed by atoms with E-state index in [9.17, 15) is 14.8 Å². The summed E-state index contributed by atoms with van der Waals surface area (Å²) in [5.41, 5.74) is 0.705. The summed E-state index contributed by atoms with van der Waals surface area (Å²) in [6.07, 6.45) is 0. The number of rotatable bonds is 5. The Bertz CT molecular complexity index is 527. The Hall–Kier alpha value is -2.57. The predicted molar refractivity (Wildman–Crippen MR) is 73.1 cm³/mol. The molecule has 1 fully saturated rings. The molecule has 0 saturated carbocycles. The van der Waals surface area contributed by atoms with Crippen molar-refractivity contribution in [2.24, 2.45) is 0 Å². The van der Waals surface area contributed by atoms with Crippen LogP contribution in [0.4, 0.5) is 10.5 Å². The van der Waals surface area contributed by atoms with Crippen molar-refractivity contribution in [3.05, 3.63) is 35.0 Å². The zero-order valence-corrected chi connectivity index (χ0v) is 10.8. The fourth-order valence-corrected chi connectivity index (χ4v) is 1.89. The zero-order chi connectivity index (χ0) is 14.5. The van der Waals surface area contributed by atoms with E-state index in [2.05, 4.69) is 10.6 Å². The molecule has 1 heterocycles. The minimum atomic E-state index is -0.259. The molecule has 2 rings (SSSR count). The summed E-state index contributed by atoms with van der Waals surface area (Å²) < 4.78 is 0.230. The summed E-state index contributed by atoms with van der Waals surface area (Å²) in [4.78, 5) is 24.7. The van der Waals surface area contributed by atoms with Crippen LogP contribution in [0.15, 0.2) is 24.3 Å². The van der Waals surface area contributed by atoms with Crippen LogP contribution in [0.2, 0.25) is 0 Å². The first-order chi connectivity index (χ1) is 9.58. The minimum Gasteiger partial charge on any atom is -0.651 e. The maximum atomic E-state index is 11.8. The molecule has 106 valence electrons. The Balaban J connectivity index is 1.82. The Morgan fingerprint density at radius 1 is 1.45 bits per heavy atom. The van der Waals surface area contributed by atoms with Gasteiger partial charge in [0.15, 0.2) is 0 Å². The second-order valence-electron chi connectivity index (χ2n) is 4.35. The van der Waals surface area contributed by atoms with Gasteiger partial charge >= 0.3 is 6.03 Å². The van der Waals surface area contributed by atoms with Gasteiger partial charge in [0.25, 0.3) is 5.91 Å². The molecule has 7 nitrogen and oxygen atoms in total. The molecule has 0 aromatic heterocycles. The molecule has 20 heavy (non-hydrogen) atoms. The Kier molecular flexibility index (Phi) is 4.19. The van der Waals surface area contributed by atoms with Crippen molar-refractivity contribution in [1.82, 2.24) is 15.5 Å². The monoisotopic (exact) mass is 275 g/mol. The van der Waals surface area contributed by atoms with Gasteiger partial charge in [0.2, 0.25) is 0 Å². The topological polar surface area (TPSA) is 87.5 Å². The molecule has 0 spiro atoms. The number of urea groups is 1. The third-order valence-electron chi connectivity index (χ3n) is 3.00. The maximum absolute atomic E-state index is 11.8. The Morgan fingerprint density at radius 2 is 2.15 bits per heavy atom. The summed E-state index contributed by atoms with van der Waals surface area (Å²) in [7, 11) is 0. The lowest BCUT2D eigenvalue weighted by atomic mass is 10.2. The molecule has 0 atom stereocenters. The van der Waals surface area contributed by atoms with Crippen LogP contribution < -0.4 is 10.6 Å². The number of nitrogens with one attached hydrogen (secondary N) is 2. The summed E-state index contributed by atoms with van der Waals surface area (Å²) >= 11 is 0. The summed E-state index contributed by atoms with van der Waals surface area (Å²) in [5, 5.41) is 16.2. The fourth-order valence-electron chi connectivity index (χ4n) is 1.89. The summed E-state index contributed by atoms with van der Waals surface area (Å²) in [6, 6.07) is 5.86. The molecule has 7 heteroatoms. The second-order valence-corrected chi connectivity index (χ2v) is 4.35. The number of benzene rings is 1. The molecule has 1 aromatic rings. The van der Waals surface area contributed by atoms with Gasteiger partial charge in [0.05, 0.1) is 5.69 Å². The van der Waals surface area contributed by atoms with Crippen LogP contribution >= 0.6 is 0 Å². The van der Waals surface area contributed by atoms with Crippen molar-refractivity contribution < 1.29 is 14.3 Å². The zero-order valence-electron chi connectivity index (χ0n) is 10.8. The highest BCUT2D eigenvalue weighted by molar-refractivity contribution is 5.94. The molecular formula is C13H15N4O3-. The van der Waals surface area contributed by atoms with Gasteiger partial charge in [-0.3, -0.25) is 4.79 Å². The second kappa shape index (κ2) is 6.05. The lowest BCUT2D eigenvalue weighted by Crippen LogP contribution is -2.36. The highest BCUT2D eigenvalue weighted by Crippen LogP contribution is 2.11. The standard InChI is InChI=1S/C13H15N4O3/c1-16(20)11-4-2-10(3-5-11)12(18)14-6-8-17-9-7-15-13(17)19/h1-5H,6-9H2,(H,14,18)(H,15,19)/q-1. The Morgan fingerprint density at radius 3 is 2.70 bits per heavy atom. The fraction of sp³-hybridized carbons (Fsp3) is 0.308. The van der Waals surface area contributed by atoms with Crippen molar-refractivity contribution in [3.8, 4) is 0 Å². The first-order valence-corrected chi connectivity index (χ1v) is 6.21. The third-order valence-corrected chi connectivity index (χ3v) is 3.00. The van der Waals surface area contributed by atoms with Crippen LogP contribution in [0, 0.1) is 5.21 Å². The van der Waals surface area contributed by atoms with E-state index in [1.165, 1.54) is 24.3 Å². The summed E-state index contributed by atoms with van der Waals surface area (Å²) in [5.74, 6) is -0.259. The maximum Gasteiger partial charge on any atom is 0.317 e. The molecular weight excluding hydrogens is 260 g/mol. The molecule has 1 aliphatic rings. The number of carbonyl (C=O) groups is 2. The van der Waals surface area contributed by atoms with E-state index in [0.29, 0.717) is 31.7 Å². The number of hydrogen-bond donors (Lipinski definition) is 2. The summed E-state index contributed by atoms with van der Waals surface area (Å²) in [6.45, 7) is 7.17. The van der Waals surface area contributed by atoms with Crippen LogP contribution in [-0.4, -0.2) is 54.5 Å². The quantitative estimate of drug-likeness (QED) is 0.264. The van der Waals surface area contributed by atoms with Gasteiger partial charge in [-0.25, -0.2) is 4.79 Å². The van der Waals surface area contributed by atoms with Crippen molar-refractivity contribution in [2.45, 2.75) is 0 Å². The molecule has 0 aliphatic carbocycles. The van der Waals surface area contributed by atoms with Crippen LogP contribution in [0.25, 0.3) is 0 Å². The number of nitrogens with zero attached hydrogens (tertiary/aromatic N) is 2. The number of amides is 3. The molecule has 2 N–H and O–H groups in total. The Labute approximate surface area is 116 Å². The minimum absolute atomic E-state index is 0.109. The van der Waals surface area contributed by atoms with E-state index in [1.807, 2.05) is 0 Å². The molecule has 0 unspecified atom stereocenters. The number of hydrogen-bond acceptors (Lipinski definition) is 3. The van der Waals surface area contributed by atoms with Crippen LogP contribution in [0.5, 0.6) is 0 Å². The highest BCUT2D eigenvalue weighted by atomic mass is 16.5. The molecule has 3 amide bonds. The van der Waals surface area contributed by atoms with E-state index in [4.69, 9.17) is 6.72 Å². The van der Waals surface area contributed by atoms with E-state index >= 15 is 0 Å². The molecule has 1 aromatic carbocycles. The highest BCUT2D eigenvalue weighted by Gasteiger charge is 2.18. The normalized spacial score (nSPS) is 14.0. The molecule has 0 radical (unpaired) electrons. The lowest BCUT2D eigenvalue weighted by Gasteiger charge is -2.14. The SMILES string of the molecule is [CH-]=[N+]([O-])c1ccc(C(=O)NCCN2CCNC2=O)cc1. The van der Waals surface area contributed by atoms with Gasteiger partial charge in [-0.15, -0.1) is 0 Å². The van der Waals surface area contributed by atoms with Gasteiger partial charge in [0.1, 0.15) is 0 Å². The van der Waals surface area contributed by atoms with E-state index in [1.54, 1.807) is 4.90 Å². The van der Waals surface area contributed by atoms with Crippen molar-refractivity contribution in [3.63, 3.8) is 0 Å². The smallest absolute Gasteiger partial charge is 0.317 e. The molecule has 1 saturated heterocycles. The van der Waals surface area contributed by atoms with Crippen molar-refractivity contribution >= 4 is 24.3 Å². The van der Waals surface area contributed by atoms with Crippen LogP contribution in [0.1, 0.15) is 10.4 Å². The van der Waals surface area contributed by atoms with Gasteiger partial charge in [-0.1, -0.05) is 24.3 Å². The molecule has 0 bridgehead atoms.